The van der Waals surface area contributed by atoms with Crippen LogP contribution in [-0.4, -0.2) is 70.1 Å². The SMILES string of the molecule is O=C([O-])CN(CCN(CC(=O)[O-])Cc1cc(C(=O)[O-])ccc1O)Cc1cc(C(=O)[O-])ccc1O.[Na+].[Na+].[Na+].[Na+]. The number of carbonyl (C=O) groups excluding carboxylic acids is 4. The topological polar surface area (TPSA) is 207 Å². The molecule has 0 atom stereocenters. The summed E-state index contributed by atoms with van der Waals surface area (Å²) in [5, 5.41) is 64.5. The van der Waals surface area contributed by atoms with Gasteiger partial charge in [-0.2, -0.15) is 0 Å². The molecule has 0 amide bonds. The second kappa shape index (κ2) is 20.7. The number of rotatable bonds is 13. The van der Waals surface area contributed by atoms with E-state index in [0.29, 0.717) is 0 Å². The number of hydrogen-bond acceptors (Lipinski definition) is 12. The van der Waals surface area contributed by atoms with Gasteiger partial charge in [0.25, 0.3) is 0 Å². The van der Waals surface area contributed by atoms with E-state index in [9.17, 15) is 49.8 Å². The summed E-state index contributed by atoms with van der Waals surface area (Å²) in [6, 6.07) is 6.71. The molecular weight excluding hydrogens is 544 g/mol. The zero-order valence-electron chi connectivity index (χ0n) is 21.8. The molecule has 0 aromatic heterocycles. The molecule has 0 saturated carbocycles. The first-order valence-corrected chi connectivity index (χ1v) is 9.87. The number of nitrogens with zero attached hydrogens (tertiary/aromatic N) is 2. The Bertz CT molecular complexity index is 1020. The van der Waals surface area contributed by atoms with Gasteiger partial charge in [0.1, 0.15) is 11.5 Å². The van der Waals surface area contributed by atoms with Gasteiger partial charge in [0.15, 0.2) is 0 Å². The Kier molecular flexibility index (Phi) is 23.0. The summed E-state index contributed by atoms with van der Waals surface area (Å²) in [6.07, 6.45) is 0. The maximum atomic E-state index is 11.2. The predicted molar refractivity (Wildman–Crippen MR) is 105 cm³/mol. The van der Waals surface area contributed by atoms with Gasteiger partial charge in [0, 0.05) is 50.4 Å². The molecule has 2 aromatic rings. The van der Waals surface area contributed by atoms with Crippen LogP contribution in [0.4, 0.5) is 0 Å². The summed E-state index contributed by atoms with van der Waals surface area (Å²) in [4.78, 5) is 47.1. The number of carboxylic acid groups (broad SMARTS) is 4. The maximum absolute atomic E-state index is 11.2. The smallest absolute Gasteiger partial charge is 0.549 e. The summed E-state index contributed by atoms with van der Waals surface area (Å²) in [6.45, 7) is -1.86. The van der Waals surface area contributed by atoms with Gasteiger partial charge >= 0.3 is 118 Å². The van der Waals surface area contributed by atoms with E-state index in [2.05, 4.69) is 0 Å². The zero-order valence-corrected chi connectivity index (χ0v) is 29.8. The summed E-state index contributed by atoms with van der Waals surface area (Å²) < 4.78 is 0. The first-order chi connectivity index (χ1) is 16.0. The third kappa shape index (κ3) is 14.5. The normalized spacial score (nSPS) is 9.84. The van der Waals surface area contributed by atoms with Gasteiger partial charge in [0.05, 0.1) is 23.9 Å². The van der Waals surface area contributed by atoms with Crippen molar-refractivity contribution in [2.75, 3.05) is 26.2 Å². The van der Waals surface area contributed by atoms with Crippen LogP contribution in [0.2, 0.25) is 0 Å². The molecule has 2 N–H and O–H groups in total. The molecule has 38 heavy (non-hydrogen) atoms. The van der Waals surface area contributed by atoms with Gasteiger partial charge in [-0.05, 0) is 47.5 Å². The molecule has 12 nitrogen and oxygen atoms in total. The Morgan fingerprint density at radius 3 is 1.18 bits per heavy atom. The molecule has 0 bridgehead atoms. The van der Waals surface area contributed by atoms with Gasteiger partial charge in [-0.1, -0.05) is 0 Å². The second-order valence-corrected chi connectivity index (χ2v) is 7.43. The van der Waals surface area contributed by atoms with Crippen molar-refractivity contribution >= 4 is 23.9 Å². The van der Waals surface area contributed by atoms with Gasteiger partial charge in [-0.3, -0.25) is 9.80 Å². The molecule has 0 aliphatic rings. The van der Waals surface area contributed by atoms with E-state index in [1.807, 2.05) is 0 Å². The molecule has 0 heterocycles. The van der Waals surface area contributed by atoms with Crippen LogP contribution < -0.4 is 139 Å². The fraction of sp³-hybridized carbons (Fsp3) is 0.273. The fourth-order valence-corrected chi connectivity index (χ4v) is 3.24. The van der Waals surface area contributed by atoms with Gasteiger partial charge in [-0.25, -0.2) is 0 Å². The standard InChI is InChI=1S/C22H24N2O10.4Na/c25-17-3-1-13(21(31)32)7-15(17)9-23(11-19(27)28)5-6-24(12-20(29)30)10-16-8-14(22(33)34)2-4-18(16)26;;;;/h1-4,7-8,25-26H,5-6,9-12H2,(H,27,28)(H,29,30)(H,31,32)(H,33,34);;;;/q;4*+1/p-4. The van der Waals surface area contributed by atoms with E-state index in [1.54, 1.807) is 0 Å². The number of hydrogen-bond donors (Lipinski definition) is 2. The van der Waals surface area contributed by atoms with E-state index in [0.717, 1.165) is 36.4 Å². The maximum Gasteiger partial charge on any atom is 1.00 e. The molecule has 2 rings (SSSR count). The summed E-state index contributed by atoms with van der Waals surface area (Å²) in [7, 11) is 0. The van der Waals surface area contributed by atoms with E-state index in [-0.39, 0.29) is 178 Å². The predicted octanol–water partition coefficient (Wildman–Crippen LogP) is -16.4. The minimum Gasteiger partial charge on any atom is -0.549 e. The van der Waals surface area contributed by atoms with Crippen molar-refractivity contribution in [1.82, 2.24) is 9.80 Å². The minimum absolute atomic E-state index is 0. The molecule has 0 fully saturated rings. The van der Waals surface area contributed by atoms with Crippen molar-refractivity contribution in [3.63, 3.8) is 0 Å². The molecule has 182 valence electrons. The van der Waals surface area contributed by atoms with Crippen LogP contribution >= 0.6 is 0 Å². The zero-order chi connectivity index (χ0) is 25.4. The largest absolute Gasteiger partial charge is 1.00 e. The van der Waals surface area contributed by atoms with Crippen LogP contribution in [0.25, 0.3) is 0 Å². The number of carbonyl (C=O) groups is 4. The number of carboxylic acids is 4. The Balaban J connectivity index is -0.00000306. The molecular formula is C22H20N2Na4O10. The Labute approximate surface area is 307 Å². The average molecular weight is 564 g/mol. The van der Waals surface area contributed by atoms with E-state index in [4.69, 9.17) is 0 Å². The third-order valence-corrected chi connectivity index (χ3v) is 4.86. The van der Waals surface area contributed by atoms with Crippen molar-refractivity contribution in [1.29, 1.82) is 0 Å². The van der Waals surface area contributed by atoms with Crippen LogP contribution in [0.3, 0.4) is 0 Å². The molecule has 0 unspecified atom stereocenters. The summed E-state index contributed by atoms with van der Waals surface area (Å²) in [5.41, 5.74) is -0.284. The number of phenolic OH excluding ortho intramolecular Hbond substituents is 2. The number of aromatic hydroxyl groups is 2. The molecule has 0 aliphatic carbocycles. The van der Waals surface area contributed by atoms with Crippen LogP contribution in [0.1, 0.15) is 31.8 Å². The van der Waals surface area contributed by atoms with Gasteiger partial charge in [0.2, 0.25) is 0 Å². The molecule has 16 heteroatoms. The number of aliphatic carboxylic acids is 2. The first kappa shape index (κ1) is 42.3. The van der Waals surface area contributed by atoms with E-state index in [1.165, 1.54) is 9.80 Å². The Morgan fingerprint density at radius 2 is 0.921 bits per heavy atom. The quantitative estimate of drug-likeness (QED) is 0.218. The number of benzene rings is 2. The third-order valence-electron chi connectivity index (χ3n) is 4.86. The summed E-state index contributed by atoms with van der Waals surface area (Å²) >= 11 is 0. The van der Waals surface area contributed by atoms with Crippen LogP contribution in [0.5, 0.6) is 11.5 Å². The molecule has 0 radical (unpaired) electrons. The Hall–Kier alpha value is -0.160. The monoisotopic (exact) mass is 564 g/mol. The fourth-order valence-electron chi connectivity index (χ4n) is 3.24. The van der Waals surface area contributed by atoms with Crippen molar-refractivity contribution in [3.05, 3.63) is 58.7 Å². The summed E-state index contributed by atoms with van der Waals surface area (Å²) in [5.74, 6) is -6.51. The number of aromatic carboxylic acids is 2. The number of phenols is 2. The van der Waals surface area contributed by atoms with Crippen LogP contribution in [0, 0.1) is 0 Å². The van der Waals surface area contributed by atoms with Crippen LogP contribution in [0.15, 0.2) is 36.4 Å². The van der Waals surface area contributed by atoms with Crippen molar-refractivity contribution in [2.24, 2.45) is 0 Å². The van der Waals surface area contributed by atoms with Gasteiger partial charge in [-0.15, -0.1) is 0 Å². The molecule has 2 aromatic carbocycles. The second-order valence-electron chi connectivity index (χ2n) is 7.43. The minimum atomic E-state index is -1.49. The molecule has 0 spiro atoms. The molecule has 0 aliphatic heterocycles. The van der Waals surface area contributed by atoms with Crippen molar-refractivity contribution in [2.45, 2.75) is 13.1 Å². The van der Waals surface area contributed by atoms with Crippen molar-refractivity contribution < 1.29 is 168 Å². The van der Waals surface area contributed by atoms with Crippen molar-refractivity contribution in [3.8, 4) is 11.5 Å². The van der Waals surface area contributed by atoms with E-state index >= 15 is 0 Å². The first-order valence-electron chi connectivity index (χ1n) is 9.87. The molecule has 0 saturated heterocycles. The van der Waals surface area contributed by atoms with E-state index < -0.39 is 37.0 Å². The van der Waals surface area contributed by atoms with Gasteiger partial charge < -0.3 is 49.8 Å². The average Bonchev–Trinajstić information content (AvgIpc) is 2.73. The Morgan fingerprint density at radius 1 is 0.605 bits per heavy atom. The van der Waals surface area contributed by atoms with Crippen LogP contribution in [-0.2, 0) is 22.7 Å².